The van der Waals surface area contributed by atoms with E-state index in [-0.39, 0.29) is 23.9 Å². The van der Waals surface area contributed by atoms with Gasteiger partial charge in [0.2, 0.25) is 5.91 Å². The molecule has 0 bridgehead atoms. The van der Waals surface area contributed by atoms with E-state index in [2.05, 4.69) is 35.1 Å². The lowest BCUT2D eigenvalue weighted by atomic mass is 9.94. The van der Waals surface area contributed by atoms with E-state index in [1.807, 2.05) is 66.4 Å². The lowest BCUT2D eigenvalue weighted by molar-refractivity contribution is -0.135. The Balaban J connectivity index is 1.23. The van der Waals surface area contributed by atoms with Crippen LogP contribution < -0.4 is 10.2 Å². The van der Waals surface area contributed by atoms with E-state index in [1.54, 1.807) is 12.4 Å². The van der Waals surface area contributed by atoms with Gasteiger partial charge in [-0.05, 0) is 68.0 Å². The summed E-state index contributed by atoms with van der Waals surface area (Å²) in [6.45, 7) is 7.49. The predicted octanol–water partition coefficient (Wildman–Crippen LogP) is 6.13. The number of fused-ring (bicyclic) bond motifs is 1. The van der Waals surface area contributed by atoms with Crippen LogP contribution in [-0.4, -0.2) is 51.9 Å². The first kappa shape index (κ1) is 27.4. The van der Waals surface area contributed by atoms with Gasteiger partial charge in [0.1, 0.15) is 5.82 Å². The van der Waals surface area contributed by atoms with Crippen molar-refractivity contribution < 1.29 is 9.59 Å². The molecule has 42 heavy (non-hydrogen) atoms. The second-order valence-electron chi connectivity index (χ2n) is 11.4. The normalized spacial score (nSPS) is 18.5. The first-order valence-corrected chi connectivity index (χ1v) is 14.6. The van der Waals surface area contributed by atoms with Crippen LogP contribution >= 0.6 is 0 Å². The summed E-state index contributed by atoms with van der Waals surface area (Å²) in [5.74, 6) is 1.14. The van der Waals surface area contributed by atoms with Gasteiger partial charge in [0, 0.05) is 48.7 Å². The van der Waals surface area contributed by atoms with Crippen LogP contribution in [0.1, 0.15) is 67.4 Å². The molecule has 1 N–H and O–H groups in total. The molecule has 2 amide bonds. The Kier molecular flexibility index (Phi) is 7.34. The standard InChI is InChI=1S/C34H34N6O2/c1-4-31(41)40-21(2)19-39(20-22(40)3)30-15-14-26(17-36-30)38-34(42)29-18-37-33-27(24-10-8-23(16-35)9-11-24)6-5-7-28(33)32(29)25-12-13-25/h5-11,14-15,17-18,21-22,25H,4,12-13,19-20H2,1-3H3,(H,38,42)/t21-,22?/m0/s1. The summed E-state index contributed by atoms with van der Waals surface area (Å²) in [6, 6.07) is 19.8. The van der Waals surface area contributed by atoms with Crippen LogP contribution in [0.4, 0.5) is 11.5 Å². The quantitative estimate of drug-likeness (QED) is 0.305. The maximum Gasteiger partial charge on any atom is 0.257 e. The van der Waals surface area contributed by atoms with Crippen molar-refractivity contribution >= 4 is 34.2 Å². The molecular formula is C34H34N6O2. The van der Waals surface area contributed by atoms with Crippen molar-refractivity contribution in [1.82, 2.24) is 14.9 Å². The number of aromatic nitrogens is 2. The van der Waals surface area contributed by atoms with Crippen molar-refractivity contribution in [1.29, 1.82) is 5.26 Å². The van der Waals surface area contributed by atoms with Gasteiger partial charge in [0.05, 0.1) is 34.6 Å². The largest absolute Gasteiger partial charge is 0.353 e. The van der Waals surface area contributed by atoms with E-state index in [0.717, 1.165) is 46.3 Å². The highest BCUT2D eigenvalue weighted by Gasteiger charge is 2.33. The van der Waals surface area contributed by atoms with Crippen LogP contribution in [0.2, 0.25) is 0 Å². The van der Waals surface area contributed by atoms with Crippen molar-refractivity contribution in [3.05, 3.63) is 83.7 Å². The molecule has 6 rings (SSSR count). The second kappa shape index (κ2) is 11.2. The van der Waals surface area contributed by atoms with Gasteiger partial charge >= 0.3 is 0 Å². The monoisotopic (exact) mass is 558 g/mol. The highest BCUT2D eigenvalue weighted by Crippen LogP contribution is 2.45. The Labute approximate surface area is 246 Å². The molecule has 1 saturated heterocycles. The molecule has 212 valence electrons. The Bertz CT molecular complexity index is 1680. The van der Waals surface area contributed by atoms with Gasteiger partial charge in [0.15, 0.2) is 0 Å². The van der Waals surface area contributed by atoms with Crippen molar-refractivity contribution in [3.8, 4) is 17.2 Å². The minimum atomic E-state index is -0.196. The molecule has 3 heterocycles. The molecule has 1 aliphatic heterocycles. The SMILES string of the molecule is CCC(=O)N1C(C)CN(c2ccc(NC(=O)c3cnc4c(-c5ccc(C#N)cc5)cccc4c3C3CC3)cn2)C[C@@H]1C. The number of carbonyl (C=O) groups excluding carboxylic acids is 2. The lowest BCUT2D eigenvalue weighted by Crippen LogP contribution is -2.58. The van der Waals surface area contributed by atoms with Gasteiger partial charge in [0.25, 0.3) is 5.91 Å². The van der Waals surface area contributed by atoms with Gasteiger partial charge in [-0.1, -0.05) is 37.3 Å². The number of piperazine rings is 1. The van der Waals surface area contributed by atoms with E-state index in [1.165, 1.54) is 0 Å². The molecule has 1 saturated carbocycles. The number of nitrogens with zero attached hydrogens (tertiary/aromatic N) is 5. The molecule has 4 aromatic rings. The number of benzene rings is 2. The molecule has 1 unspecified atom stereocenters. The first-order chi connectivity index (χ1) is 20.4. The molecule has 0 spiro atoms. The summed E-state index contributed by atoms with van der Waals surface area (Å²) in [4.78, 5) is 39.6. The van der Waals surface area contributed by atoms with Gasteiger partial charge in [-0.15, -0.1) is 0 Å². The molecular weight excluding hydrogens is 524 g/mol. The number of nitriles is 1. The summed E-state index contributed by atoms with van der Waals surface area (Å²) < 4.78 is 0. The summed E-state index contributed by atoms with van der Waals surface area (Å²) >= 11 is 0. The number of rotatable bonds is 6. The third-order valence-corrected chi connectivity index (χ3v) is 8.33. The summed E-state index contributed by atoms with van der Waals surface area (Å²) in [5.41, 5.74) is 5.69. The number of nitrogens with one attached hydrogen (secondary N) is 1. The fourth-order valence-electron chi connectivity index (χ4n) is 6.22. The van der Waals surface area contributed by atoms with E-state index < -0.39 is 0 Å². The number of para-hydroxylation sites is 1. The third-order valence-electron chi connectivity index (χ3n) is 8.33. The molecule has 8 nitrogen and oxygen atoms in total. The number of carbonyl (C=O) groups is 2. The Morgan fingerprint density at radius 3 is 2.33 bits per heavy atom. The minimum absolute atomic E-state index is 0.0982. The zero-order valence-corrected chi connectivity index (χ0v) is 24.2. The maximum absolute atomic E-state index is 13.6. The third kappa shape index (κ3) is 5.18. The van der Waals surface area contributed by atoms with E-state index in [9.17, 15) is 14.9 Å². The number of hydrogen-bond donors (Lipinski definition) is 1. The average molecular weight is 559 g/mol. The van der Waals surface area contributed by atoms with Gasteiger partial charge < -0.3 is 15.1 Å². The van der Waals surface area contributed by atoms with Crippen LogP contribution in [0.15, 0.2) is 67.0 Å². The van der Waals surface area contributed by atoms with Crippen LogP contribution in [0.25, 0.3) is 22.0 Å². The fourth-order valence-corrected chi connectivity index (χ4v) is 6.22. The molecule has 2 atom stereocenters. The number of amides is 2. The number of anilines is 2. The lowest BCUT2D eigenvalue weighted by Gasteiger charge is -2.45. The van der Waals surface area contributed by atoms with Crippen LogP contribution in [0.5, 0.6) is 0 Å². The van der Waals surface area contributed by atoms with Crippen molar-refractivity contribution in [2.24, 2.45) is 0 Å². The highest BCUT2D eigenvalue weighted by molar-refractivity contribution is 6.09. The van der Waals surface area contributed by atoms with Gasteiger partial charge in [-0.3, -0.25) is 14.6 Å². The zero-order chi connectivity index (χ0) is 29.4. The molecule has 1 aliphatic carbocycles. The first-order valence-electron chi connectivity index (χ1n) is 14.6. The molecule has 8 heteroatoms. The topological polar surface area (TPSA) is 102 Å². The smallest absolute Gasteiger partial charge is 0.257 e. The fraction of sp³-hybridized carbons (Fsp3) is 0.324. The molecule has 2 aliphatic rings. The van der Waals surface area contributed by atoms with E-state index >= 15 is 0 Å². The molecule has 2 aromatic carbocycles. The summed E-state index contributed by atoms with van der Waals surface area (Å²) in [7, 11) is 0. The Hall–Kier alpha value is -4.77. The van der Waals surface area contributed by atoms with Crippen LogP contribution in [0, 0.1) is 11.3 Å². The van der Waals surface area contributed by atoms with Crippen molar-refractivity contribution in [2.45, 2.75) is 58.0 Å². The second-order valence-corrected chi connectivity index (χ2v) is 11.4. The zero-order valence-electron chi connectivity index (χ0n) is 24.2. The molecule has 2 aromatic heterocycles. The maximum atomic E-state index is 13.6. The Morgan fingerprint density at radius 1 is 0.976 bits per heavy atom. The van der Waals surface area contributed by atoms with Crippen molar-refractivity contribution in [3.63, 3.8) is 0 Å². The molecule has 0 radical (unpaired) electrons. The van der Waals surface area contributed by atoms with Gasteiger partial charge in [-0.2, -0.15) is 5.26 Å². The number of hydrogen-bond acceptors (Lipinski definition) is 6. The van der Waals surface area contributed by atoms with Crippen LogP contribution in [-0.2, 0) is 4.79 Å². The van der Waals surface area contributed by atoms with Crippen molar-refractivity contribution in [2.75, 3.05) is 23.3 Å². The minimum Gasteiger partial charge on any atom is -0.353 e. The predicted molar refractivity (Wildman–Crippen MR) is 164 cm³/mol. The average Bonchev–Trinajstić information content (AvgIpc) is 3.85. The Morgan fingerprint density at radius 2 is 1.71 bits per heavy atom. The number of pyridine rings is 2. The van der Waals surface area contributed by atoms with Crippen LogP contribution in [0.3, 0.4) is 0 Å². The molecule has 2 fully saturated rings. The van der Waals surface area contributed by atoms with E-state index in [0.29, 0.717) is 42.2 Å². The summed E-state index contributed by atoms with van der Waals surface area (Å²) in [5, 5.41) is 13.2. The van der Waals surface area contributed by atoms with E-state index in [4.69, 9.17) is 4.98 Å². The summed E-state index contributed by atoms with van der Waals surface area (Å²) in [6.07, 6.45) is 5.99. The van der Waals surface area contributed by atoms with Gasteiger partial charge in [-0.25, -0.2) is 4.98 Å². The highest BCUT2D eigenvalue weighted by atomic mass is 16.2.